The van der Waals surface area contributed by atoms with Gasteiger partial charge in [0.2, 0.25) is 5.88 Å². The topological polar surface area (TPSA) is 84.8 Å². The third-order valence-electron chi connectivity index (χ3n) is 3.04. The van der Waals surface area contributed by atoms with Crippen molar-refractivity contribution in [1.29, 1.82) is 5.26 Å². The second-order valence-corrected chi connectivity index (χ2v) is 4.54. The molecule has 21 heavy (non-hydrogen) atoms. The van der Waals surface area contributed by atoms with Crippen LogP contribution in [-0.2, 0) is 6.42 Å². The first kappa shape index (κ1) is 12.9. The van der Waals surface area contributed by atoms with E-state index in [9.17, 15) is 0 Å². The molecule has 0 unspecified atom stereocenters. The molecule has 5 heteroatoms. The second kappa shape index (κ2) is 5.47. The molecule has 3 rings (SSSR count). The fourth-order valence-electron chi connectivity index (χ4n) is 2.01. The maximum absolute atomic E-state index is 8.66. The first-order valence-corrected chi connectivity index (χ1v) is 6.40. The normalized spacial score (nSPS) is 10.2. The van der Waals surface area contributed by atoms with E-state index >= 15 is 0 Å². The van der Waals surface area contributed by atoms with Crippen molar-refractivity contribution in [2.45, 2.75) is 6.42 Å². The Morgan fingerprint density at radius 1 is 1.10 bits per heavy atom. The summed E-state index contributed by atoms with van der Waals surface area (Å²) >= 11 is 0. The summed E-state index contributed by atoms with van der Waals surface area (Å²) in [5.41, 5.74) is 8.15. The number of hydrogen-bond donors (Lipinski definition) is 1. The molecular formula is C16H12N4O. The van der Waals surface area contributed by atoms with E-state index in [1.54, 1.807) is 12.1 Å². The highest BCUT2D eigenvalue weighted by atomic mass is 16.5. The fraction of sp³-hybridized carbons (Fsp3) is 0.0625. The van der Waals surface area contributed by atoms with Gasteiger partial charge in [-0.3, -0.25) is 0 Å². The highest BCUT2D eigenvalue weighted by molar-refractivity contribution is 5.86. The van der Waals surface area contributed by atoms with Gasteiger partial charge in [-0.05, 0) is 35.9 Å². The van der Waals surface area contributed by atoms with Crippen molar-refractivity contribution in [2.24, 2.45) is 0 Å². The van der Waals surface area contributed by atoms with Crippen LogP contribution in [0, 0.1) is 11.3 Å². The Labute approximate surface area is 121 Å². The van der Waals surface area contributed by atoms with Gasteiger partial charge in [-0.2, -0.15) is 5.26 Å². The molecule has 5 nitrogen and oxygen atoms in total. The summed E-state index contributed by atoms with van der Waals surface area (Å²) in [6, 6.07) is 14.9. The monoisotopic (exact) mass is 276 g/mol. The molecule has 0 aliphatic carbocycles. The number of nitrogen functional groups attached to an aromatic ring is 1. The van der Waals surface area contributed by atoms with Crippen molar-refractivity contribution in [3.05, 3.63) is 54.4 Å². The van der Waals surface area contributed by atoms with Crippen LogP contribution in [0.4, 0.5) is 5.69 Å². The third-order valence-corrected chi connectivity index (χ3v) is 3.04. The zero-order chi connectivity index (χ0) is 14.7. The van der Waals surface area contributed by atoms with Crippen molar-refractivity contribution < 1.29 is 4.74 Å². The van der Waals surface area contributed by atoms with E-state index in [0.717, 1.165) is 16.5 Å². The largest absolute Gasteiger partial charge is 0.438 e. The summed E-state index contributed by atoms with van der Waals surface area (Å²) < 4.78 is 5.79. The van der Waals surface area contributed by atoms with Crippen molar-refractivity contribution in [2.75, 3.05) is 5.73 Å². The van der Waals surface area contributed by atoms with E-state index in [4.69, 9.17) is 15.7 Å². The Morgan fingerprint density at radius 3 is 2.67 bits per heavy atom. The zero-order valence-corrected chi connectivity index (χ0v) is 11.2. The number of hydrogen-bond acceptors (Lipinski definition) is 5. The maximum Gasteiger partial charge on any atom is 0.230 e. The first-order chi connectivity index (χ1) is 10.3. The molecule has 0 atom stereocenters. The smallest absolute Gasteiger partial charge is 0.230 e. The Kier molecular flexibility index (Phi) is 3.36. The van der Waals surface area contributed by atoms with Gasteiger partial charge in [-0.15, -0.1) is 0 Å². The Morgan fingerprint density at radius 2 is 1.90 bits per heavy atom. The van der Waals surface area contributed by atoms with Crippen LogP contribution in [0.2, 0.25) is 0 Å². The highest BCUT2D eigenvalue weighted by Crippen LogP contribution is 2.28. The SMILES string of the molecule is N#CCc1ccc(Oc2ncnc3ccc(N)cc23)cc1. The molecule has 0 spiro atoms. The average Bonchev–Trinajstić information content (AvgIpc) is 2.50. The van der Waals surface area contributed by atoms with E-state index in [0.29, 0.717) is 23.7 Å². The molecule has 0 fully saturated rings. The summed E-state index contributed by atoms with van der Waals surface area (Å²) in [5, 5.41) is 9.42. The van der Waals surface area contributed by atoms with Gasteiger partial charge in [0, 0.05) is 5.69 Å². The van der Waals surface area contributed by atoms with Gasteiger partial charge in [-0.1, -0.05) is 12.1 Å². The number of benzene rings is 2. The van der Waals surface area contributed by atoms with Crippen molar-refractivity contribution in [3.63, 3.8) is 0 Å². The summed E-state index contributed by atoms with van der Waals surface area (Å²) in [7, 11) is 0. The summed E-state index contributed by atoms with van der Waals surface area (Å²) in [6.07, 6.45) is 1.84. The van der Waals surface area contributed by atoms with E-state index in [1.807, 2.05) is 30.3 Å². The number of anilines is 1. The standard InChI is InChI=1S/C16H12N4O/c17-8-7-11-1-4-13(5-2-11)21-16-14-9-12(18)3-6-15(14)19-10-20-16/h1-6,9-10H,7,18H2. The number of rotatable bonds is 3. The molecule has 3 aromatic rings. The minimum Gasteiger partial charge on any atom is -0.438 e. The lowest BCUT2D eigenvalue weighted by atomic mass is 10.2. The molecule has 102 valence electrons. The first-order valence-electron chi connectivity index (χ1n) is 6.40. The van der Waals surface area contributed by atoms with Crippen LogP contribution < -0.4 is 10.5 Å². The van der Waals surface area contributed by atoms with E-state index in [1.165, 1.54) is 6.33 Å². The molecule has 2 N–H and O–H groups in total. The van der Waals surface area contributed by atoms with Crippen molar-refractivity contribution in [3.8, 4) is 17.7 Å². The molecule has 2 aromatic carbocycles. The molecule has 0 saturated heterocycles. The summed E-state index contributed by atoms with van der Waals surface area (Å²) in [4.78, 5) is 8.34. The van der Waals surface area contributed by atoms with Crippen LogP contribution in [0.25, 0.3) is 10.9 Å². The zero-order valence-electron chi connectivity index (χ0n) is 11.2. The Bertz CT molecular complexity index is 822. The summed E-state index contributed by atoms with van der Waals surface area (Å²) in [5.74, 6) is 1.11. The number of aromatic nitrogens is 2. The summed E-state index contributed by atoms with van der Waals surface area (Å²) in [6.45, 7) is 0. The number of ether oxygens (including phenoxy) is 1. The van der Waals surface area contributed by atoms with Crippen molar-refractivity contribution in [1.82, 2.24) is 9.97 Å². The third kappa shape index (κ3) is 2.74. The lowest BCUT2D eigenvalue weighted by Gasteiger charge is -2.08. The van der Waals surface area contributed by atoms with Gasteiger partial charge in [0.25, 0.3) is 0 Å². The molecule has 0 saturated carbocycles. The molecule has 1 aromatic heterocycles. The quantitative estimate of drug-likeness (QED) is 0.743. The van der Waals surface area contributed by atoms with Gasteiger partial charge in [0.15, 0.2) is 0 Å². The van der Waals surface area contributed by atoms with Gasteiger partial charge in [-0.25, -0.2) is 9.97 Å². The predicted octanol–water partition coefficient (Wildman–Crippen LogP) is 3.07. The molecule has 0 amide bonds. The number of nitrogens with two attached hydrogens (primary N) is 1. The van der Waals surface area contributed by atoms with Crippen LogP contribution in [-0.4, -0.2) is 9.97 Å². The van der Waals surface area contributed by atoms with Gasteiger partial charge in [0.05, 0.1) is 23.4 Å². The predicted molar refractivity (Wildman–Crippen MR) is 79.8 cm³/mol. The highest BCUT2D eigenvalue weighted by Gasteiger charge is 2.06. The van der Waals surface area contributed by atoms with Crippen LogP contribution in [0.5, 0.6) is 11.6 Å². The van der Waals surface area contributed by atoms with E-state index < -0.39 is 0 Å². The molecule has 0 aliphatic heterocycles. The van der Waals surface area contributed by atoms with E-state index in [-0.39, 0.29) is 0 Å². The van der Waals surface area contributed by atoms with E-state index in [2.05, 4.69) is 16.0 Å². The van der Waals surface area contributed by atoms with Crippen LogP contribution in [0.3, 0.4) is 0 Å². The molecule has 1 heterocycles. The second-order valence-electron chi connectivity index (χ2n) is 4.54. The Balaban J connectivity index is 1.94. The van der Waals surface area contributed by atoms with Crippen molar-refractivity contribution >= 4 is 16.6 Å². The van der Waals surface area contributed by atoms with Crippen LogP contribution in [0.1, 0.15) is 5.56 Å². The average molecular weight is 276 g/mol. The Hall–Kier alpha value is -3.13. The molecular weight excluding hydrogens is 264 g/mol. The maximum atomic E-state index is 8.66. The molecule has 0 aliphatic rings. The number of nitrogens with zero attached hydrogens (tertiary/aromatic N) is 3. The number of nitriles is 1. The lowest BCUT2D eigenvalue weighted by molar-refractivity contribution is 0.468. The van der Waals surface area contributed by atoms with Crippen LogP contribution in [0.15, 0.2) is 48.8 Å². The minimum absolute atomic E-state index is 0.382. The number of fused-ring (bicyclic) bond motifs is 1. The fourth-order valence-corrected chi connectivity index (χ4v) is 2.01. The molecule has 0 radical (unpaired) electrons. The van der Waals surface area contributed by atoms with Gasteiger partial charge in [0.1, 0.15) is 12.1 Å². The lowest BCUT2D eigenvalue weighted by Crippen LogP contribution is -1.93. The van der Waals surface area contributed by atoms with Gasteiger partial charge >= 0.3 is 0 Å². The minimum atomic E-state index is 0.382. The molecule has 0 bridgehead atoms. The van der Waals surface area contributed by atoms with Crippen LogP contribution >= 0.6 is 0 Å². The van der Waals surface area contributed by atoms with Gasteiger partial charge < -0.3 is 10.5 Å².